The Morgan fingerprint density at radius 3 is 2.55 bits per heavy atom. The van der Waals surface area contributed by atoms with Crippen LogP contribution in [-0.4, -0.2) is 52.8 Å². The van der Waals surface area contributed by atoms with Gasteiger partial charge in [0.1, 0.15) is 5.82 Å². The van der Waals surface area contributed by atoms with Gasteiger partial charge >= 0.3 is 5.69 Å². The second-order valence-electron chi connectivity index (χ2n) is 4.71. The summed E-state index contributed by atoms with van der Waals surface area (Å²) in [7, 11) is 2.90. The van der Waals surface area contributed by atoms with Crippen LogP contribution in [0.4, 0.5) is 5.82 Å². The Balaban J connectivity index is 2.08. The maximum absolute atomic E-state index is 11.9. The van der Waals surface area contributed by atoms with Crippen LogP contribution in [-0.2, 0) is 23.6 Å². The van der Waals surface area contributed by atoms with Crippen LogP contribution in [0.15, 0.2) is 15.7 Å². The second-order valence-corrected chi connectivity index (χ2v) is 4.71. The van der Waals surface area contributed by atoms with E-state index in [-0.39, 0.29) is 18.3 Å². The van der Waals surface area contributed by atoms with Crippen LogP contribution in [0.5, 0.6) is 0 Å². The number of anilines is 1. The number of morpholine rings is 1. The normalized spacial score (nSPS) is 16.1. The molecule has 8 heteroatoms. The fourth-order valence-electron chi connectivity index (χ4n) is 2.00. The van der Waals surface area contributed by atoms with E-state index in [0.717, 1.165) is 4.57 Å². The molecule has 1 aliphatic rings. The number of hydrogen-bond acceptors (Lipinski definition) is 5. The van der Waals surface area contributed by atoms with Crippen molar-refractivity contribution in [3.63, 3.8) is 0 Å². The molecule has 0 aliphatic carbocycles. The molecule has 8 nitrogen and oxygen atoms in total. The first-order valence-electron chi connectivity index (χ1n) is 6.36. The lowest BCUT2D eigenvalue weighted by Crippen LogP contribution is -2.42. The molecule has 1 fully saturated rings. The maximum Gasteiger partial charge on any atom is 0.332 e. The van der Waals surface area contributed by atoms with Gasteiger partial charge in [0.15, 0.2) is 0 Å². The Kier molecular flexibility index (Phi) is 4.35. The number of ether oxygens (including phenoxy) is 1. The zero-order valence-corrected chi connectivity index (χ0v) is 11.6. The third-order valence-corrected chi connectivity index (χ3v) is 3.26. The highest BCUT2D eigenvalue weighted by Crippen LogP contribution is 2.01. The van der Waals surface area contributed by atoms with E-state index < -0.39 is 11.2 Å². The summed E-state index contributed by atoms with van der Waals surface area (Å²) in [5.74, 6) is -0.0495. The summed E-state index contributed by atoms with van der Waals surface area (Å²) in [5, 5.41) is 2.59. The summed E-state index contributed by atoms with van der Waals surface area (Å²) in [6.07, 6.45) is 0. The minimum Gasteiger partial charge on any atom is -0.379 e. The van der Waals surface area contributed by atoms with Crippen molar-refractivity contribution in [2.45, 2.75) is 0 Å². The van der Waals surface area contributed by atoms with Gasteiger partial charge < -0.3 is 10.1 Å². The molecule has 0 aromatic carbocycles. The molecule has 0 radical (unpaired) electrons. The zero-order chi connectivity index (χ0) is 14.7. The Morgan fingerprint density at radius 1 is 1.25 bits per heavy atom. The molecule has 2 heterocycles. The fourth-order valence-corrected chi connectivity index (χ4v) is 2.00. The van der Waals surface area contributed by atoms with Crippen molar-refractivity contribution in [2.75, 3.05) is 38.2 Å². The number of rotatable bonds is 3. The highest BCUT2D eigenvalue weighted by Gasteiger charge is 2.15. The van der Waals surface area contributed by atoms with E-state index in [1.54, 1.807) is 0 Å². The van der Waals surface area contributed by atoms with Crippen molar-refractivity contribution in [2.24, 2.45) is 14.1 Å². The quantitative estimate of drug-likeness (QED) is 0.718. The Labute approximate surface area is 115 Å². The van der Waals surface area contributed by atoms with Crippen molar-refractivity contribution >= 4 is 11.7 Å². The Bertz CT molecular complexity index is 613. The summed E-state index contributed by atoms with van der Waals surface area (Å²) in [6, 6.07) is 1.23. The Morgan fingerprint density at radius 2 is 1.90 bits per heavy atom. The number of carbonyl (C=O) groups is 1. The Hall–Kier alpha value is -1.93. The third-order valence-electron chi connectivity index (χ3n) is 3.26. The average molecular weight is 282 g/mol. The van der Waals surface area contributed by atoms with Crippen molar-refractivity contribution < 1.29 is 9.53 Å². The minimum absolute atomic E-state index is 0.205. The molecule has 1 N–H and O–H groups in total. The van der Waals surface area contributed by atoms with E-state index in [9.17, 15) is 14.4 Å². The van der Waals surface area contributed by atoms with Gasteiger partial charge in [-0.25, -0.2) is 4.79 Å². The van der Waals surface area contributed by atoms with Crippen LogP contribution < -0.4 is 16.6 Å². The van der Waals surface area contributed by atoms with Gasteiger partial charge in [0, 0.05) is 33.3 Å². The van der Waals surface area contributed by atoms with E-state index in [0.29, 0.717) is 26.3 Å². The summed E-state index contributed by atoms with van der Waals surface area (Å²) in [4.78, 5) is 37.2. The predicted octanol–water partition coefficient (Wildman–Crippen LogP) is -1.65. The molecule has 0 saturated carbocycles. The van der Waals surface area contributed by atoms with Crippen molar-refractivity contribution in [3.05, 3.63) is 26.9 Å². The molecule has 0 bridgehead atoms. The number of aromatic nitrogens is 2. The molecule has 1 saturated heterocycles. The topological polar surface area (TPSA) is 85.6 Å². The van der Waals surface area contributed by atoms with Gasteiger partial charge in [0.2, 0.25) is 5.91 Å². The van der Waals surface area contributed by atoms with E-state index in [2.05, 4.69) is 5.32 Å². The van der Waals surface area contributed by atoms with Crippen LogP contribution in [0.2, 0.25) is 0 Å². The standard InChI is InChI=1S/C12H18N4O4/c1-14-9(7-11(18)15(2)12(14)19)13-10(17)8-16-3-5-20-6-4-16/h7H,3-6,8H2,1-2H3,(H,13,17). The van der Waals surface area contributed by atoms with Crippen molar-refractivity contribution in [1.29, 1.82) is 0 Å². The number of carbonyl (C=O) groups excluding carboxylic acids is 1. The number of hydrogen-bond donors (Lipinski definition) is 1. The average Bonchev–Trinajstić information content (AvgIpc) is 2.43. The first-order valence-corrected chi connectivity index (χ1v) is 6.36. The van der Waals surface area contributed by atoms with E-state index in [1.807, 2.05) is 4.90 Å². The van der Waals surface area contributed by atoms with E-state index >= 15 is 0 Å². The molecular weight excluding hydrogens is 264 g/mol. The summed E-state index contributed by atoms with van der Waals surface area (Å²) < 4.78 is 7.42. The second kappa shape index (κ2) is 6.02. The van der Waals surface area contributed by atoms with Gasteiger partial charge in [-0.2, -0.15) is 0 Å². The van der Waals surface area contributed by atoms with E-state index in [1.165, 1.54) is 24.7 Å². The van der Waals surface area contributed by atoms with Gasteiger partial charge in [-0.1, -0.05) is 0 Å². The van der Waals surface area contributed by atoms with Gasteiger partial charge in [-0.3, -0.25) is 23.6 Å². The molecule has 2 rings (SSSR count). The molecule has 1 aromatic rings. The fraction of sp³-hybridized carbons (Fsp3) is 0.583. The number of nitrogens with one attached hydrogen (secondary N) is 1. The van der Waals surface area contributed by atoms with Crippen LogP contribution in [0.1, 0.15) is 0 Å². The lowest BCUT2D eigenvalue weighted by atomic mass is 10.4. The van der Waals surface area contributed by atoms with Crippen LogP contribution >= 0.6 is 0 Å². The number of nitrogens with zero attached hydrogens (tertiary/aromatic N) is 3. The molecule has 110 valence electrons. The molecule has 0 unspecified atom stereocenters. The van der Waals surface area contributed by atoms with Crippen molar-refractivity contribution in [3.8, 4) is 0 Å². The summed E-state index contributed by atoms with van der Waals surface area (Å²) in [5.41, 5.74) is -0.922. The van der Waals surface area contributed by atoms with Gasteiger partial charge in [-0.15, -0.1) is 0 Å². The molecule has 0 atom stereocenters. The van der Waals surface area contributed by atoms with Gasteiger partial charge in [-0.05, 0) is 0 Å². The molecule has 1 aliphatic heterocycles. The molecule has 20 heavy (non-hydrogen) atoms. The van der Waals surface area contributed by atoms with Gasteiger partial charge in [0.05, 0.1) is 19.8 Å². The minimum atomic E-state index is -0.473. The first kappa shape index (κ1) is 14.5. The predicted molar refractivity (Wildman–Crippen MR) is 72.8 cm³/mol. The number of amides is 1. The molecule has 1 amide bonds. The lowest BCUT2D eigenvalue weighted by Gasteiger charge is -2.25. The van der Waals surface area contributed by atoms with Crippen LogP contribution in [0.25, 0.3) is 0 Å². The zero-order valence-electron chi connectivity index (χ0n) is 11.6. The molecule has 1 aromatic heterocycles. The van der Waals surface area contributed by atoms with Crippen LogP contribution in [0, 0.1) is 0 Å². The van der Waals surface area contributed by atoms with Gasteiger partial charge in [0.25, 0.3) is 5.56 Å². The third kappa shape index (κ3) is 3.14. The monoisotopic (exact) mass is 282 g/mol. The lowest BCUT2D eigenvalue weighted by molar-refractivity contribution is -0.118. The first-order chi connectivity index (χ1) is 9.49. The van der Waals surface area contributed by atoms with Crippen molar-refractivity contribution in [1.82, 2.24) is 14.0 Å². The SMILES string of the molecule is Cn1c(NC(=O)CN2CCOCC2)cc(=O)n(C)c1=O. The largest absolute Gasteiger partial charge is 0.379 e. The highest BCUT2D eigenvalue weighted by atomic mass is 16.5. The highest BCUT2D eigenvalue weighted by molar-refractivity contribution is 5.91. The summed E-state index contributed by atoms with van der Waals surface area (Å²) >= 11 is 0. The van der Waals surface area contributed by atoms with Crippen LogP contribution in [0.3, 0.4) is 0 Å². The molecule has 0 spiro atoms. The van der Waals surface area contributed by atoms with E-state index in [4.69, 9.17) is 4.74 Å². The molecular formula is C12H18N4O4. The summed E-state index contributed by atoms with van der Waals surface area (Å²) in [6.45, 7) is 2.83. The maximum atomic E-state index is 11.9. The smallest absolute Gasteiger partial charge is 0.332 e.